The fraction of sp³-hybridized carbons (Fsp3) is 0.0625. The highest BCUT2D eigenvalue weighted by molar-refractivity contribution is 6.03. The SMILES string of the molecule is COc1ccccc1/C(C#N)=C(/C#N)c1cccnc1. The lowest BCUT2D eigenvalue weighted by Crippen LogP contribution is -1.94. The number of para-hydroxylation sites is 1. The Morgan fingerprint density at radius 2 is 1.80 bits per heavy atom. The van der Waals surface area contributed by atoms with E-state index in [1.807, 2.05) is 6.07 Å². The Labute approximate surface area is 117 Å². The zero-order valence-electron chi connectivity index (χ0n) is 10.9. The molecule has 0 atom stereocenters. The zero-order valence-corrected chi connectivity index (χ0v) is 10.9. The van der Waals surface area contributed by atoms with Crippen LogP contribution in [0.5, 0.6) is 5.75 Å². The third-order valence-corrected chi connectivity index (χ3v) is 2.80. The third-order valence-electron chi connectivity index (χ3n) is 2.80. The molecule has 0 aliphatic carbocycles. The van der Waals surface area contributed by atoms with Gasteiger partial charge in [-0.05, 0) is 18.2 Å². The van der Waals surface area contributed by atoms with Gasteiger partial charge in [-0.15, -0.1) is 0 Å². The lowest BCUT2D eigenvalue weighted by atomic mass is 9.96. The van der Waals surface area contributed by atoms with Crippen molar-refractivity contribution in [2.24, 2.45) is 0 Å². The van der Waals surface area contributed by atoms with Gasteiger partial charge in [-0.2, -0.15) is 10.5 Å². The van der Waals surface area contributed by atoms with Crippen LogP contribution in [-0.4, -0.2) is 12.1 Å². The number of pyridine rings is 1. The average molecular weight is 261 g/mol. The molecule has 1 aromatic heterocycles. The minimum Gasteiger partial charge on any atom is -0.496 e. The molecule has 0 fully saturated rings. The first kappa shape index (κ1) is 13.3. The van der Waals surface area contributed by atoms with Gasteiger partial charge in [-0.3, -0.25) is 4.98 Å². The molecular weight excluding hydrogens is 250 g/mol. The molecule has 20 heavy (non-hydrogen) atoms. The van der Waals surface area contributed by atoms with Gasteiger partial charge in [-0.25, -0.2) is 0 Å². The predicted molar refractivity (Wildman–Crippen MR) is 75.3 cm³/mol. The number of hydrogen-bond acceptors (Lipinski definition) is 4. The third kappa shape index (κ3) is 2.50. The number of ether oxygens (including phenoxy) is 1. The molecular formula is C16H11N3O. The molecule has 0 bridgehead atoms. The Morgan fingerprint density at radius 3 is 2.40 bits per heavy atom. The highest BCUT2D eigenvalue weighted by Gasteiger charge is 2.14. The molecule has 0 saturated heterocycles. The number of aromatic nitrogens is 1. The fourth-order valence-corrected chi connectivity index (χ4v) is 1.88. The monoisotopic (exact) mass is 261 g/mol. The van der Waals surface area contributed by atoms with Gasteiger partial charge in [0.1, 0.15) is 17.9 Å². The van der Waals surface area contributed by atoms with Crippen LogP contribution in [0.4, 0.5) is 0 Å². The van der Waals surface area contributed by atoms with Crippen molar-refractivity contribution < 1.29 is 4.74 Å². The Hall–Kier alpha value is -3.11. The molecule has 0 aliphatic heterocycles. The summed E-state index contributed by atoms with van der Waals surface area (Å²) in [7, 11) is 1.53. The van der Waals surface area contributed by atoms with Gasteiger partial charge >= 0.3 is 0 Å². The van der Waals surface area contributed by atoms with Gasteiger partial charge in [0, 0.05) is 23.5 Å². The Morgan fingerprint density at radius 1 is 1.05 bits per heavy atom. The number of methoxy groups -OCH3 is 1. The topological polar surface area (TPSA) is 69.7 Å². The summed E-state index contributed by atoms with van der Waals surface area (Å²) >= 11 is 0. The molecule has 0 amide bonds. The number of nitrogens with zero attached hydrogens (tertiary/aromatic N) is 3. The summed E-state index contributed by atoms with van der Waals surface area (Å²) in [4.78, 5) is 3.98. The van der Waals surface area contributed by atoms with Crippen molar-refractivity contribution in [2.45, 2.75) is 0 Å². The van der Waals surface area contributed by atoms with Crippen LogP contribution in [0, 0.1) is 22.7 Å². The van der Waals surface area contributed by atoms with Crippen LogP contribution in [0.15, 0.2) is 48.8 Å². The van der Waals surface area contributed by atoms with Gasteiger partial charge in [-0.1, -0.05) is 18.2 Å². The summed E-state index contributed by atoms with van der Waals surface area (Å²) in [5.41, 5.74) is 1.76. The second kappa shape index (κ2) is 6.17. The van der Waals surface area contributed by atoms with Gasteiger partial charge < -0.3 is 4.74 Å². The lowest BCUT2D eigenvalue weighted by molar-refractivity contribution is 0.413. The van der Waals surface area contributed by atoms with Crippen molar-refractivity contribution in [3.8, 4) is 17.9 Å². The van der Waals surface area contributed by atoms with Gasteiger partial charge in [0.2, 0.25) is 0 Å². The average Bonchev–Trinajstić information content (AvgIpc) is 2.53. The summed E-state index contributed by atoms with van der Waals surface area (Å²) in [5.74, 6) is 0.556. The van der Waals surface area contributed by atoms with Crippen molar-refractivity contribution in [2.75, 3.05) is 7.11 Å². The number of benzene rings is 1. The standard InChI is InChI=1S/C16H11N3O/c1-20-16-7-3-2-6-13(16)15(10-18)14(9-17)12-5-4-8-19-11-12/h2-8,11H,1H3/b15-14-. The lowest BCUT2D eigenvalue weighted by Gasteiger charge is -2.08. The molecule has 4 heteroatoms. The van der Waals surface area contributed by atoms with Crippen LogP contribution in [0.25, 0.3) is 11.1 Å². The summed E-state index contributed by atoms with van der Waals surface area (Å²) in [6, 6.07) is 14.8. The normalized spacial score (nSPS) is 10.9. The van der Waals surface area contributed by atoms with E-state index in [2.05, 4.69) is 17.1 Å². The van der Waals surface area contributed by atoms with E-state index < -0.39 is 0 Å². The van der Waals surface area contributed by atoms with E-state index >= 15 is 0 Å². The van der Waals surface area contributed by atoms with Crippen molar-refractivity contribution in [3.63, 3.8) is 0 Å². The fourth-order valence-electron chi connectivity index (χ4n) is 1.88. The van der Waals surface area contributed by atoms with Crippen molar-refractivity contribution in [1.29, 1.82) is 10.5 Å². The van der Waals surface area contributed by atoms with Crippen LogP contribution in [-0.2, 0) is 0 Å². The van der Waals surface area contributed by atoms with E-state index in [0.717, 1.165) is 0 Å². The minimum absolute atomic E-state index is 0.276. The van der Waals surface area contributed by atoms with Crippen LogP contribution in [0.1, 0.15) is 11.1 Å². The molecule has 2 rings (SSSR count). The van der Waals surface area contributed by atoms with E-state index in [4.69, 9.17) is 4.74 Å². The van der Waals surface area contributed by atoms with Gasteiger partial charge in [0.05, 0.1) is 18.3 Å². The maximum Gasteiger partial charge on any atom is 0.127 e. The maximum atomic E-state index is 9.43. The molecule has 0 aliphatic rings. The van der Waals surface area contributed by atoms with Crippen LogP contribution in [0.3, 0.4) is 0 Å². The largest absolute Gasteiger partial charge is 0.496 e. The van der Waals surface area contributed by atoms with Gasteiger partial charge in [0.25, 0.3) is 0 Å². The number of hydrogen-bond donors (Lipinski definition) is 0. The van der Waals surface area contributed by atoms with Crippen molar-refractivity contribution in [1.82, 2.24) is 4.98 Å². The minimum atomic E-state index is 0.276. The molecule has 0 N–H and O–H groups in total. The van der Waals surface area contributed by atoms with Crippen molar-refractivity contribution in [3.05, 3.63) is 59.9 Å². The van der Waals surface area contributed by atoms with Gasteiger partial charge in [0.15, 0.2) is 0 Å². The maximum absolute atomic E-state index is 9.43. The summed E-state index contributed by atoms with van der Waals surface area (Å²) in [6.45, 7) is 0. The van der Waals surface area contributed by atoms with E-state index in [9.17, 15) is 10.5 Å². The molecule has 96 valence electrons. The van der Waals surface area contributed by atoms with Crippen LogP contribution < -0.4 is 4.74 Å². The summed E-state index contributed by atoms with van der Waals surface area (Å²) < 4.78 is 5.25. The highest BCUT2D eigenvalue weighted by Crippen LogP contribution is 2.31. The molecule has 0 spiro atoms. The predicted octanol–water partition coefficient (Wildman–Crippen LogP) is 3.05. The van der Waals surface area contributed by atoms with Crippen LogP contribution >= 0.6 is 0 Å². The first-order valence-electron chi connectivity index (χ1n) is 5.90. The first-order valence-corrected chi connectivity index (χ1v) is 5.90. The van der Waals surface area contributed by atoms with Crippen molar-refractivity contribution >= 4 is 11.1 Å². The van der Waals surface area contributed by atoms with E-state index in [0.29, 0.717) is 16.9 Å². The summed E-state index contributed by atoms with van der Waals surface area (Å²) in [6.07, 6.45) is 3.18. The Kier molecular flexibility index (Phi) is 4.11. The molecule has 0 unspecified atom stereocenters. The van der Waals surface area contributed by atoms with Crippen LogP contribution in [0.2, 0.25) is 0 Å². The Bertz CT molecular complexity index is 721. The number of allylic oxidation sites excluding steroid dienone is 2. The Balaban J connectivity index is 2.70. The second-order valence-corrected chi connectivity index (χ2v) is 3.92. The second-order valence-electron chi connectivity index (χ2n) is 3.92. The first-order chi connectivity index (χ1) is 9.81. The van der Waals surface area contributed by atoms with E-state index in [-0.39, 0.29) is 11.1 Å². The summed E-state index contributed by atoms with van der Waals surface area (Å²) in [5, 5.41) is 18.8. The highest BCUT2D eigenvalue weighted by atomic mass is 16.5. The van der Waals surface area contributed by atoms with E-state index in [1.165, 1.54) is 7.11 Å². The van der Waals surface area contributed by atoms with E-state index in [1.54, 1.807) is 42.7 Å². The molecule has 0 radical (unpaired) electrons. The molecule has 4 nitrogen and oxygen atoms in total. The number of rotatable bonds is 3. The molecule has 1 heterocycles. The molecule has 2 aromatic rings. The number of nitriles is 2. The quantitative estimate of drug-likeness (QED) is 0.796. The smallest absolute Gasteiger partial charge is 0.127 e. The molecule has 1 aromatic carbocycles. The zero-order chi connectivity index (χ0) is 14.4. The molecule has 0 saturated carbocycles.